The van der Waals surface area contributed by atoms with Gasteiger partial charge in [0.1, 0.15) is 11.4 Å². The number of halogens is 4. The summed E-state index contributed by atoms with van der Waals surface area (Å²) in [5, 5.41) is 14.6. The number of alkyl halides is 3. The second kappa shape index (κ2) is 13.8. The van der Waals surface area contributed by atoms with Crippen molar-refractivity contribution in [3.05, 3.63) is 108 Å². The molecule has 1 aliphatic rings. The van der Waals surface area contributed by atoms with E-state index in [9.17, 15) is 44.6 Å². The van der Waals surface area contributed by atoms with E-state index in [-0.39, 0.29) is 47.8 Å². The topological polar surface area (TPSA) is 150 Å². The standard InChI is InChI=1S/C33H31F4N3O6S2/c34-25-7-10-28(11-8-25)48(45,46)40-15-13-24(14-16-40)32(42,31(41)39-26-9-12-30(38)29(19-26)33(35,36)37)20-21-3-1-4-22(17-21)23-5-2-6-27(18-23)47(43)44/h1-12,17-19,24,42H,13-16,20,38H2,(H,39,41)(H,43,44). The van der Waals surface area contributed by atoms with Crippen LogP contribution in [-0.4, -0.2) is 51.2 Å². The summed E-state index contributed by atoms with van der Waals surface area (Å²) in [6, 6.07) is 20.2. The molecule has 1 heterocycles. The second-order valence-electron chi connectivity index (χ2n) is 11.5. The van der Waals surface area contributed by atoms with Gasteiger partial charge in [-0.2, -0.15) is 17.5 Å². The molecule has 5 N–H and O–H groups in total. The van der Waals surface area contributed by atoms with Gasteiger partial charge in [0.2, 0.25) is 10.0 Å². The Morgan fingerprint density at radius 3 is 2.19 bits per heavy atom. The molecule has 1 saturated heterocycles. The highest BCUT2D eigenvalue weighted by molar-refractivity contribution is 7.89. The smallest absolute Gasteiger partial charge is 0.398 e. The number of rotatable bonds is 9. The van der Waals surface area contributed by atoms with Crippen LogP contribution < -0.4 is 11.1 Å². The maximum Gasteiger partial charge on any atom is 0.418 e. The van der Waals surface area contributed by atoms with Crippen LogP contribution in [0.3, 0.4) is 0 Å². The number of nitrogen functional groups attached to an aromatic ring is 1. The Morgan fingerprint density at radius 1 is 0.938 bits per heavy atom. The Hall–Kier alpha value is -4.15. The van der Waals surface area contributed by atoms with Crippen LogP contribution in [0.25, 0.3) is 11.1 Å². The van der Waals surface area contributed by atoms with Crippen molar-refractivity contribution in [3.63, 3.8) is 0 Å². The molecule has 9 nitrogen and oxygen atoms in total. The summed E-state index contributed by atoms with van der Waals surface area (Å²) in [5.74, 6) is -2.44. The first-order valence-corrected chi connectivity index (χ1v) is 17.2. The van der Waals surface area contributed by atoms with Gasteiger partial charge < -0.3 is 20.7 Å². The third-order valence-corrected chi connectivity index (χ3v) is 10.9. The molecule has 4 aromatic rings. The van der Waals surface area contributed by atoms with Crippen molar-refractivity contribution in [1.29, 1.82) is 0 Å². The molecule has 5 rings (SSSR count). The normalized spacial score (nSPS) is 16.6. The lowest BCUT2D eigenvalue weighted by Crippen LogP contribution is -2.54. The molecular formula is C33H31F4N3O6S2. The largest absolute Gasteiger partial charge is 0.418 e. The Bertz CT molecular complexity index is 1950. The summed E-state index contributed by atoms with van der Waals surface area (Å²) in [6.45, 7) is -0.184. The molecule has 0 spiro atoms. The van der Waals surface area contributed by atoms with E-state index in [4.69, 9.17) is 5.73 Å². The SMILES string of the molecule is Nc1ccc(NC(=O)C(O)(Cc2cccc(-c3cccc(S(=O)O)c3)c2)C2CCN(S(=O)(=O)c3ccc(F)cc3)CC2)cc1C(F)(F)F. The molecule has 2 unspecified atom stereocenters. The van der Waals surface area contributed by atoms with E-state index in [2.05, 4.69) is 5.32 Å². The number of nitrogens with two attached hydrogens (primary N) is 1. The quantitative estimate of drug-likeness (QED) is 0.0994. The molecule has 0 saturated carbocycles. The van der Waals surface area contributed by atoms with Gasteiger partial charge in [-0.1, -0.05) is 36.4 Å². The molecule has 4 aromatic carbocycles. The molecule has 1 amide bonds. The Labute approximate surface area is 276 Å². The molecule has 0 radical (unpaired) electrons. The van der Waals surface area contributed by atoms with E-state index in [0.717, 1.165) is 30.3 Å². The summed E-state index contributed by atoms with van der Waals surface area (Å²) in [6.07, 6.45) is -5.06. The van der Waals surface area contributed by atoms with Gasteiger partial charge in [-0.25, -0.2) is 17.0 Å². The lowest BCUT2D eigenvalue weighted by Gasteiger charge is -2.40. The number of nitrogens with zero attached hydrogens (tertiary/aromatic N) is 1. The molecular weight excluding hydrogens is 675 g/mol. The van der Waals surface area contributed by atoms with Crippen molar-refractivity contribution in [3.8, 4) is 11.1 Å². The van der Waals surface area contributed by atoms with E-state index in [1.165, 1.54) is 22.5 Å². The van der Waals surface area contributed by atoms with Crippen LogP contribution >= 0.6 is 0 Å². The number of sulfonamides is 1. The van der Waals surface area contributed by atoms with Gasteiger partial charge in [0.05, 0.1) is 15.4 Å². The predicted octanol–water partition coefficient (Wildman–Crippen LogP) is 5.69. The summed E-state index contributed by atoms with van der Waals surface area (Å²) in [5.41, 5.74) is 2.99. The molecule has 15 heteroatoms. The van der Waals surface area contributed by atoms with Crippen molar-refractivity contribution in [2.75, 3.05) is 24.1 Å². The highest BCUT2D eigenvalue weighted by atomic mass is 32.2. The Morgan fingerprint density at radius 2 is 1.56 bits per heavy atom. The van der Waals surface area contributed by atoms with Crippen LogP contribution in [0.2, 0.25) is 0 Å². The Kier molecular flexibility index (Phi) is 10.1. The molecule has 48 heavy (non-hydrogen) atoms. The van der Waals surface area contributed by atoms with Gasteiger partial charge in [0.15, 0.2) is 11.1 Å². The van der Waals surface area contributed by atoms with Gasteiger partial charge in [-0.3, -0.25) is 4.79 Å². The van der Waals surface area contributed by atoms with Crippen molar-refractivity contribution < 1.29 is 44.6 Å². The van der Waals surface area contributed by atoms with Gasteiger partial charge in [0, 0.05) is 30.9 Å². The van der Waals surface area contributed by atoms with Crippen LogP contribution in [0.4, 0.5) is 28.9 Å². The van der Waals surface area contributed by atoms with E-state index in [1.807, 2.05) is 0 Å². The molecule has 254 valence electrons. The van der Waals surface area contributed by atoms with E-state index >= 15 is 0 Å². The summed E-state index contributed by atoms with van der Waals surface area (Å²) < 4.78 is 103. The zero-order valence-corrected chi connectivity index (χ0v) is 26.8. The summed E-state index contributed by atoms with van der Waals surface area (Å²) in [7, 11) is -4.02. The van der Waals surface area contributed by atoms with Crippen LogP contribution in [-0.2, 0) is 38.5 Å². The number of benzene rings is 4. The van der Waals surface area contributed by atoms with Crippen molar-refractivity contribution >= 4 is 38.4 Å². The van der Waals surface area contributed by atoms with Crippen LogP contribution in [0.15, 0.2) is 101 Å². The number of hydrogen-bond donors (Lipinski definition) is 4. The van der Waals surface area contributed by atoms with E-state index in [0.29, 0.717) is 22.8 Å². The summed E-state index contributed by atoms with van der Waals surface area (Å²) >= 11 is -2.23. The molecule has 0 aromatic heterocycles. The van der Waals surface area contributed by atoms with Gasteiger partial charge >= 0.3 is 6.18 Å². The first-order chi connectivity index (χ1) is 22.6. The highest BCUT2D eigenvalue weighted by Gasteiger charge is 2.46. The van der Waals surface area contributed by atoms with Crippen molar-refractivity contribution in [1.82, 2.24) is 4.31 Å². The monoisotopic (exact) mass is 705 g/mol. The molecule has 1 fully saturated rings. The fourth-order valence-electron chi connectivity index (χ4n) is 5.81. The fourth-order valence-corrected chi connectivity index (χ4v) is 7.71. The van der Waals surface area contributed by atoms with E-state index in [1.54, 1.807) is 36.4 Å². The van der Waals surface area contributed by atoms with Crippen LogP contribution in [0.5, 0.6) is 0 Å². The number of carbonyl (C=O) groups excluding carboxylic acids is 1. The van der Waals surface area contributed by atoms with Crippen LogP contribution in [0, 0.1) is 11.7 Å². The minimum absolute atomic E-state index is 0.0178. The fraction of sp³-hybridized carbons (Fsp3) is 0.242. The number of nitrogens with one attached hydrogen (secondary N) is 1. The minimum atomic E-state index is -4.80. The highest BCUT2D eigenvalue weighted by Crippen LogP contribution is 2.38. The van der Waals surface area contributed by atoms with Crippen molar-refractivity contribution in [2.45, 2.75) is 40.8 Å². The zero-order chi connectivity index (χ0) is 34.9. The van der Waals surface area contributed by atoms with Gasteiger partial charge in [-0.05, 0) is 90.0 Å². The minimum Gasteiger partial charge on any atom is -0.398 e. The molecule has 1 aliphatic heterocycles. The third-order valence-electron chi connectivity index (χ3n) is 8.36. The molecule has 0 bridgehead atoms. The third kappa shape index (κ3) is 7.60. The maximum absolute atomic E-state index is 13.9. The van der Waals surface area contributed by atoms with Gasteiger partial charge in [0.25, 0.3) is 5.91 Å². The summed E-state index contributed by atoms with van der Waals surface area (Å²) in [4.78, 5) is 13.9. The maximum atomic E-state index is 13.9. The zero-order valence-electron chi connectivity index (χ0n) is 25.2. The Balaban J connectivity index is 1.46. The number of aliphatic hydroxyl groups is 1. The molecule has 0 aliphatic carbocycles. The lowest BCUT2D eigenvalue weighted by molar-refractivity contribution is -0.142. The number of carbonyl (C=O) groups is 1. The second-order valence-corrected chi connectivity index (χ2v) is 14.4. The molecule has 2 atom stereocenters. The average Bonchev–Trinajstić information content (AvgIpc) is 3.05. The van der Waals surface area contributed by atoms with Crippen molar-refractivity contribution in [2.24, 2.45) is 5.92 Å². The predicted molar refractivity (Wildman–Crippen MR) is 172 cm³/mol. The number of anilines is 2. The number of piperidine rings is 1. The first-order valence-electron chi connectivity index (χ1n) is 14.6. The van der Waals surface area contributed by atoms with E-state index < -0.39 is 61.8 Å². The lowest BCUT2D eigenvalue weighted by atomic mass is 9.76. The first kappa shape index (κ1) is 35.2. The average molecular weight is 706 g/mol. The number of hydrogen-bond acceptors (Lipinski definition) is 6. The number of amides is 1. The van der Waals surface area contributed by atoms with Crippen LogP contribution in [0.1, 0.15) is 24.0 Å². The van der Waals surface area contributed by atoms with Gasteiger partial charge in [-0.15, -0.1) is 0 Å².